The van der Waals surface area contributed by atoms with Crippen LogP contribution in [0.3, 0.4) is 0 Å². The van der Waals surface area contributed by atoms with E-state index >= 15 is 0 Å². The molecule has 318 valence electrons. The second kappa shape index (κ2) is 18.2. The molecule has 1 aliphatic rings. The number of anilines is 2. The third-order valence-electron chi connectivity index (χ3n) is 10.1. The fourth-order valence-corrected chi connectivity index (χ4v) is 9.79. The molecule has 2 amide bonds. The van der Waals surface area contributed by atoms with E-state index in [-0.39, 0.29) is 72.1 Å². The Balaban J connectivity index is 1.04. The number of benzene rings is 4. The number of amides is 2. The van der Waals surface area contributed by atoms with Crippen LogP contribution in [0.2, 0.25) is 0 Å². The Labute approximate surface area is 355 Å². The molecule has 0 unspecified atom stereocenters. The summed E-state index contributed by atoms with van der Waals surface area (Å²) in [7, 11) is -5.23. The lowest BCUT2D eigenvalue weighted by Gasteiger charge is -2.27. The van der Waals surface area contributed by atoms with Crippen LogP contribution in [0, 0.1) is 6.92 Å². The van der Waals surface area contributed by atoms with Crippen LogP contribution in [0.4, 0.5) is 11.4 Å². The van der Waals surface area contributed by atoms with Gasteiger partial charge in [-0.05, 0) is 110 Å². The van der Waals surface area contributed by atoms with E-state index in [1.165, 1.54) is 47.0 Å². The lowest BCUT2D eigenvalue weighted by Crippen LogP contribution is -2.40. The molecule has 0 atom stereocenters. The van der Waals surface area contributed by atoms with Gasteiger partial charge in [0.05, 0.1) is 26.9 Å². The van der Waals surface area contributed by atoms with E-state index in [9.17, 15) is 26.4 Å². The van der Waals surface area contributed by atoms with Crippen molar-refractivity contribution in [1.82, 2.24) is 17.7 Å². The van der Waals surface area contributed by atoms with Crippen molar-refractivity contribution in [2.24, 2.45) is 0 Å². The zero-order valence-electron chi connectivity index (χ0n) is 34.1. The van der Waals surface area contributed by atoms with Gasteiger partial charge < -0.3 is 34.0 Å². The van der Waals surface area contributed by atoms with Crippen LogP contribution in [0.15, 0.2) is 132 Å². The van der Waals surface area contributed by atoms with E-state index in [4.69, 9.17) is 14.2 Å². The number of carbonyl (C=O) groups is 2. The molecule has 1 saturated heterocycles. The van der Waals surface area contributed by atoms with E-state index < -0.39 is 31.9 Å². The van der Waals surface area contributed by atoms with Gasteiger partial charge in [0.1, 0.15) is 21.3 Å². The summed E-state index contributed by atoms with van der Waals surface area (Å²) in [5.74, 6) is -0.568. The number of morpholine rings is 1. The monoisotopic (exact) mass is 866 g/mol. The number of ether oxygens (including phenoxy) is 3. The molecule has 61 heavy (non-hydrogen) atoms. The maximum absolute atomic E-state index is 14.0. The van der Waals surface area contributed by atoms with Crippen molar-refractivity contribution >= 4 is 43.2 Å². The Morgan fingerprint density at radius 3 is 2.08 bits per heavy atom. The highest BCUT2D eigenvalue weighted by Gasteiger charge is 2.30. The predicted octanol–water partition coefficient (Wildman–Crippen LogP) is 6.33. The molecule has 0 bridgehead atoms. The first kappa shape index (κ1) is 42.9. The predicted molar refractivity (Wildman–Crippen MR) is 231 cm³/mol. The van der Waals surface area contributed by atoms with E-state index in [2.05, 4.69) is 10.6 Å². The zero-order valence-corrected chi connectivity index (χ0v) is 35.7. The van der Waals surface area contributed by atoms with Crippen LogP contribution in [-0.2, 0) is 31.3 Å². The van der Waals surface area contributed by atoms with Crippen molar-refractivity contribution in [2.45, 2.75) is 30.2 Å². The molecule has 1 fully saturated rings. The van der Waals surface area contributed by atoms with E-state index in [0.29, 0.717) is 22.4 Å². The molecule has 6 aromatic rings. The van der Waals surface area contributed by atoms with Gasteiger partial charge in [-0.3, -0.25) is 9.59 Å². The largest absolute Gasteiger partial charge is 0.495 e. The maximum Gasteiger partial charge on any atom is 0.255 e. The van der Waals surface area contributed by atoms with Crippen molar-refractivity contribution in [3.05, 3.63) is 144 Å². The lowest BCUT2D eigenvalue weighted by atomic mass is 10.1. The summed E-state index contributed by atoms with van der Waals surface area (Å²) in [6, 6.07) is 26.7. The summed E-state index contributed by atoms with van der Waals surface area (Å²) >= 11 is 0. The van der Waals surface area contributed by atoms with Gasteiger partial charge in [0.25, 0.3) is 11.8 Å². The minimum atomic E-state index is -4.14. The van der Waals surface area contributed by atoms with E-state index in [1.807, 2.05) is 42.1 Å². The molecule has 0 aliphatic carbocycles. The Kier molecular flexibility index (Phi) is 12.8. The Bertz CT molecular complexity index is 2780. The van der Waals surface area contributed by atoms with Crippen LogP contribution in [0.1, 0.15) is 38.8 Å². The van der Waals surface area contributed by atoms with E-state index in [0.717, 1.165) is 11.3 Å². The minimum Gasteiger partial charge on any atom is -0.495 e. The van der Waals surface area contributed by atoms with Gasteiger partial charge in [0.2, 0.25) is 20.0 Å². The molecule has 17 heteroatoms. The summed E-state index contributed by atoms with van der Waals surface area (Å²) in [5, 5.41) is 5.63. The number of sulfonamides is 2. The number of methoxy groups -OCH3 is 1. The average Bonchev–Trinajstić information content (AvgIpc) is 3.98. The normalized spacial score (nSPS) is 13.5. The SMILES string of the molecule is CCOc1ccc(NC(=O)c2cccc(-n3ccc(CN(C)S(=O)(=O)c4cc(NC(=O)c5ccc(C)c(-n6cccc6)c5)ccc4OC)c3)c2)cc1S(=O)(=O)N1CCOCC1. The van der Waals surface area contributed by atoms with Gasteiger partial charge in [-0.25, -0.2) is 16.8 Å². The highest BCUT2D eigenvalue weighted by atomic mass is 32.2. The number of aromatic nitrogens is 2. The summed E-state index contributed by atoms with van der Waals surface area (Å²) in [5.41, 5.74) is 4.38. The van der Waals surface area contributed by atoms with Crippen LogP contribution in [-0.4, -0.2) is 93.5 Å². The van der Waals surface area contributed by atoms with Crippen molar-refractivity contribution in [3.8, 4) is 22.9 Å². The number of nitrogens with one attached hydrogen (secondary N) is 2. The molecule has 2 aromatic heterocycles. The van der Waals surface area contributed by atoms with Gasteiger partial charge in [-0.1, -0.05) is 12.1 Å². The Morgan fingerprint density at radius 2 is 1.41 bits per heavy atom. The first-order valence-electron chi connectivity index (χ1n) is 19.4. The quantitative estimate of drug-likeness (QED) is 0.120. The summed E-state index contributed by atoms with van der Waals surface area (Å²) < 4.78 is 77.8. The molecular weight excluding hydrogens is 821 g/mol. The molecular formula is C44H46N6O9S2. The van der Waals surface area contributed by atoms with Crippen LogP contribution < -0.4 is 20.1 Å². The number of hydrogen-bond donors (Lipinski definition) is 2. The highest BCUT2D eigenvalue weighted by Crippen LogP contribution is 2.32. The summed E-state index contributed by atoms with van der Waals surface area (Å²) in [6.45, 7) is 4.95. The van der Waals surface area contributed by atoms with Gasteiger partial charge in [0.15, 0.2) is 0 Å². The van der Waals surface area contributed by atoms with Gasteiger partial charge in [-0.15, -0.1) is 0 Å². The zero-order chi connectivity index (χ0) is 43.3. The molecule has 7 rings (SSSR count). The first-order chi connectivity index (χ1) is 29.3. The Hall–Kier alpha value is -6.24. The third kappa shape index (κ3) is 9.40. The number of aryl methyl sites for hydroxylation is 1. The topological polar surface area (TPSA) is 171 Å². The molecule has 1 aliphatic heterocycles. The molecule has 0 radical (unpaired) electrons. The van der Waals surface area contributed by atoms with Gasteiger partial charge in [0, 0.05) is 85.3 Å². The Morgan fingerprint density at radius 1 is 0.754 bits per heavy atom. The van der Waals surface area contributed by atoms with Gasteiger partial charge >= 0.3 is 0 Å². The molecule has 15 nitrogen and oxygen atoms in total. The lowest BCUT2D eigenvalue weighted by molar-refractivity contribution is 0.0729. The number of hydrogen-bond acceptors (Lipinski definition) is 9. The third-order valence-corrected chi connectivity index (χ3v) is 13.9. The highest BCUT2D eigenvalue weighted by molar-refractivity contribution is 7.89. The molecule has 0 saturated carbocycles. The van der Waals surface area contributed by atoms with Crippen LogP contribution in [0.5, 0.6) is 11.5 Å². The fourth-order valence-electron chi connectivity index (χ4n) is 6.89. The number of rotatable bonds is 15. The molecule has 3 heterocycles. The molecule has 2 N–H and O–H groups in total. The van der Waals surface area contributed by atoms with Gasteiger partial charge in [-0.2, -0.15) is 8.61 Å². The average molecular weight is 867 g/mol. The van der Waals surface area contributed by atoms with Crippen molar-refractivity contribution in [1.29, 1.82) is 0 Å². The van der Waals surface area contributed by atoms with Crippen LogP contribution in [0.25, 0.3) is 11.4 Å². The number of carbonyl (C=O) groups excluding carboxylic acids is 2. The fraction of sp³-hybridized carbons (Fsp3) is 0.227. The standard InChI is InChI=1S/C44H46N6O9S2/c1-5-59-40-16-14-36(28-42(40)61(55,56)50-21-23-58-24-22-50)45-43(51)33-9-8-10-37(25-33)49-20-17-32(30-49)29-47(3)60(53,54)41-27-35(13-15-39(41)57-4)46-44(52)34-12-11-31(2)38(26-34)48-18-6-7-19-48/h6-20,25-28,30H,5,21-24,29H2,1-4H3,(H,45,51)(H,46,52). The summed E-state index contributed by atoms with van der Waals surface area (Å²) in [6.07, 6.45) is 7.30. The molecule has 0 spiro atoms. The number of nitrogens with zero attached hydrogens (tertiary/aromatic N) is 4. The van der Waals surface area contributed by atoms with Crippen molar-refractivity contribution in [2.75, 3.05) is 57.7 Å². The van der Waals surface area contributed by atoms with Crippen molar-refractivity contribution < 1.29 is 40.6 Å². The summed E-state index contributed by atoms with van der Waals surface area (Å²) in [4.78, 5) is 26.7. The van der Waals surface area contributed by atoms with E-state index in [1.54, 1.807) is 78.5 Å². The molecule has 4 aromatic carbocycles. The van der Waals surface area contributed by atoms with Crippen molar-refractivity contribution in [3.63, 3.8) is 0 Å². The maximum atomic E-state index is 14.0. The van der Waals surface area contributed by atoms with Crippen LogP contribution >= 0.6 is 0 Å². The smallest absolute Gasteiger partial charge is 0.255 e. The first-order valence-corrected chi connectivity index (χ1v) is 22.3. The minimum absolute atomic E-state index is 0.00573. The second-order valence-corrected chi connectivity index (χ2v) is 18.1. The second-order valence-electron chi connectivity index (χ2n) is 14.2.